The van der Waals surface area contributed by atoms with Crippen LogP contribution in [0.4, 0.5) is 0 Å². The molecule has 0 aromatic heterocycles. The average molecular weight is 1020 g/mol. The fraction of sp³-hybridized carbons (Fsp3) is 0.667. The van der Waals surface area contributed by atoms with Gasteiger partial charge in [0.05, 0.1) is 9.79 Å². The maximum atomic E-state index is 11.6. The Morgan fingerprint density at radius 2 is 0.565 bits per heavy atom. The number of unbranched alkanes of at least 4 members (excludes halogenated alkanes) is 28. The normalized spacial score (nSPS) is 11.8. The van der Waals surface area contributed by atoms with Crippen molar-refractivity contribution < 1.29 is 25.9 Å². The molecule has 0 N–H and O–H groups in total. The van der Waals surface area contributed by atoms with Crippen LogP contribution in [0.15, 0.2) is 70.5 Å². The Morgan fingerprint density at radius 1 is 0.319 bits per heavy atom. The van der Waals surface area contributed by atoms with Crippen LogP contribution >= 0.6 is 0 Å². The van der Waals surface area contributed by atoms with Gasteiger partial charge in [-0.2, -0.15) is 0 Å². The van der Waals surface area contributed by atoms with E-state index < -0.39 is 20.2 Å². The quantitative estimate of drug-likeness (QED) is 0.0251. The molecule has 384 valence electrons. The third-order valence-electron chi connectivity index (χ3n) is 14.0. The van der Waals surface area contributed by atoms with Gasteiger partial charge >= 0.3 is 37.7 Å². The topological polar surface area (TPSA) is 114 Å². The summed E-state index contributed by atoms with van der Waals surface area (Å²) < 4.78 is 69.4. The number of fused-ring (bicyclic) bond motifs is 2. The minimum Gasteiger partial charge on any atom is -0.744 e. The van der Waals surface area contributed by atoms with E-state index in [0.29, 0.717) is 0 Å². The Balaban J connectivity index is 0.000000467. The van der Waals surface area contributed by atoms with Gasteiger partial charge in [-0.15, -0.1) is 0 Å². The molecule has 4 aromatic carbocycles. The van der Waals surface area contributed by atoms with Gasteiger partial charge in [-0.1, -0.05) is 244 Å². The van der Waals surface area contributed by atoms with Gasteiger partial charge in [0, 0.05) is 0 Å². The van der Waals surface area contributed by atoms with Crippen molar-refractivity contribution in [2.45, 2.75) is 269 Å². The molecule has 0 aliphatic carbocycles. The fourth-order valence-electron chi connectivity index (χ4n) is 9.83. The Hall–Kier alpha value is -1.52. The molecule has 6 nitrogen and oxygen atoms in total. The van der Waals surface area contributed by atoms with Crippen molar-refractivity contribution >= 4 is 79.5 Å². The summed E-state index contributed by atoms with van der Waals surface area (Å²) in [5.41, 5.74) is 5.14. The zero-order valence-corrected chi connectivity index (χ0v) is 48.0. The van der Waals surface area contributed by atoms with Crippen molar-refractivity contribution in [3.63, 3.8) is 0 Å². The van der Waals surface area contributed by atoms with Gasteiger partial charge in [-0.3, -0.25) is 0 Å². The van der Waals surface area contributed by atoms with Crippen LogP contribution in [0.2, 0.25) is 0 Å². The van der Waals surface area contributed by atoms with Crippen molar-refractivity contribution in [2.24, 2.45) is 0 Å². The van der Waals surface area contributed by atoms with Crippen molar-refractivity contribution in [3.8, 4) is 0 Å². The summed E-state index contributed by atoms with van der Waals surface area (Å²) in [5, 5.41) is 3.97. The van der Waals surface area contributed by atoms with Crippen LogP contribution in [-0.2, 0) is 45.9 Å². The second kappa shape index (κ2) is 38.1. The second-order valence-corrected chi connectivity index (χ2v) is 22.8. The summed E-state index contributed by atoms with van der Waals surface area (Å²) in [5.74, 6) is 0. The van der Waals surface area contributed by atoms with E-state index in [1.165, 1.54) is 214 Å². The fourth-order valence-corrected chi connectivity index (χ4v) is 10.8. The molecule has 0 aliphatic rings. The molecule has 4 aromatic rings. The van der Waals surface area contributed by atoms with Crippen LogP contribution in [0.1, 0.15) is 255 Å². The molecule has 0 unspecified atom stereocenters. The van der Waals surface area contributed by atoms with Gasteiger partial charge in [-0.05, 0) is 119 Å². The molecular formula is C60H94CaO6S2. The molecule has 9 heteroatoms. The van der Waals surface area contributed by atoms with Crippen LogP contribution in [0.5, 0.6) is 0 Å². The number of hydrogen-bond donors (Lipinski definition) is 0. The average Bonchev–Trinajstić information content (AvgIpc) is 3.31. The molecular weight excluding hydrogens is 921 g/mol. The van der Waals surface area contributed by atoms with Crippen LogP contribution in [0.3, 0.4) is 0 Å². The van der Waals surface area contributed by atoms with Crippen molar-refractivity contribution in [2.75, 3.05) is 0 Å². The van der Waals surface area contributed by atoms with Gasteiger partial charge in [0.25, 0.3) is 0 Å². The first-order valence-electron chi connectivity index (χ1n) is 27.9. The first kappa shape index (κ1) is 63.6. The van der Waals surface area contributed by atoms with E-state index >= 15 is 0 Å². The maximum Gasteiger partial charge on any atom is 2.00 e. The van der Waals surface area contributed by atoms with E-state index in [9.17, 15) is 25.9 Å². The minimum atomic E-state index is -4.44. The SMILES string of the molecule is CCCCCCCCCCc1cc(CCCCCCCCCC)c2ccc(S(=O)(=O)[O-])cc2c1.CCCCCCCCCCc1cc(CCCCCCCCCC)c2ccc(S(=O)(=O)[O-])cc2c1.[Ca+2]. The minimum absolute atomic E-state index is 0. The number of benzene rings is 4. The first-order valence-corrected chi connectivity index (χ1v) is 30.8. The van der Waals surface area contributed by atoms with E-state index in [2.05, 4.69) is 52.0 Å². The predicted molar refractivity (Wildman–Crippen MR) is 295 cm³/mol. The van der Waals surface area contributed by atoms with Crippen molar-refractivity contribution in [1.82, 2.24) is 0 Å². The van der Waals surface area contributed by atoms with E-state index in [1.54, 1.807) is 12.1 Å². The third kappa shape index (κ3) is 27.4. The van der Waals surface area contributed by atoms with E-state index in [0.717, 1.165) is 72.9 Å². The van der Waals surface area contributed by atoms with Crippen molar-refractivity contribution in [3.05, 3.63) is 82.9 Å². The van der Waals surface area contributed by atoms with Crippen LogP contribution < -0.4 is 0 Å². The number of hydrogen-bond acceptors (Lipinski definition) is 6. The molecule has 0 bridgehead atoms. The largest absolute Gasteiger partial charge is 2.00 e. The zero-order valence-electron chi connectivity index (χ0n) is 44.2. The number of rotatable bonds is 38. The standard InChI is InChI=1S/2C30H48O3S.Ca/c2*1-3-5-7-9-11-13-15-17-19-26-23-27(20-18-16-14-12-10-8-6-4-2)30-22-21-29(34(31,32)33)25-28(30)24-26;/h2*21-25H,3-20H2,1-2H3,(H,31,32,33);/q;;+2/p-2. The van der Waals surface area contributed by atoms with Gasteiger partial charge < -0.3 is 9.11 Å². The van der Waals surface area contributed by atoms with Gasteiger partial charge in [0.15, 0.2) is 0 Å². The third-order valence-corrected chi connectivity index (χ3v) is 15.6. The molecule has 0 atom stereocenters. The van der Waals surface area contributed by atoms with Gasteiger partial charge in [0.1, 0.15) is 20.2 Å². The molecule has 4 rings (SSSR count). The number of aryl methyl sites for hydroxylation is 4. The summed E-state index contributed by atoms with van der Waals surface area (Å²) >= 11 is 0. The molecule has 0 spiro atoms. The molecule has 0 heterocycles. The monoisotopic (exact) mass is 1010 g/mol. The Bertz CT molecular complexity index is 2030. The Kier molecular flexibility index (Phi) is 35.1. The van der Waals surface area contributed by atoms with E-state index in [4.69, 9.17) is 0 Å². The molecule has 0 radical (unpaired) electrons. The summed E-state index contributed by atoms with van der Waals surface area (Å²) in [6, 6.07) is 18.6. The molecule has 0 fully saturated rings. The van der Waals surface area contributed by atoms with Crippen LogP contribution in [-0.4, -0.2) is 63.7 Å². The Labute approximate surface area is 453 Å². The summed E-state index contributed by atoms with van der Waals surface area (Å²) in [7, 11) is -8.88. The van der Waals surface area contributed by atoms with Crippen LogP contribution in [0.25, 0.3) is 21.5 Å². The predicted octanol–water partition coefficient (Wildman–Crippen LogP) is 17.8. The molecule has 0 saturated carbocycles. The maximum absolute atomic E-state index is 11.6. The van der Waals surface area contributed by atoms with Gasteiger partial charge in [0.2, 0.25) is 0 Å². The Morgan fingerprint density at radius 3 is 0.826 bits per heavy atom. The first-order chi connectivity index (χ1) is 32.9. The molecule has 0 saturated heterocycles. The smallest absolute Gasteiger partial charge is 0.744 e. The van der Waals surface area contributed by atoms with Gasteiger partial charge in [-0.25, -0.2) is 16.8 Å². The second-order valence-electron chi connectivity index (χ2n) is 20.1. The summed E-state index contributed by atoms with van der Waals surface area (Å²) in [6.45, 7) is 9.01. The van der Waals surface area contributed by atoms with Crippen LogP contribution in [0, 0.1) is 0 Å². The van der Waals surface area contributed by atoms with Crippen molar-refractivity contribution in [1.29, 1.82) is 0 Å². The molecule has 0 amide bonds. The molecule has 0 aliphatic heterocycles. The summed E-state index contributed by atoms with van der Waals surface area (Å²) in [4.78, 5) is -0.246. The molecule has 69 heavy (non-hydrogen) atoms. The zero-order chi connectivity index (χ0) is 49.3. The summed E-state index contributed by atoms with van der Waals surface area (Å²) in [6.07, 6.45) is 45.5. The van der Waals surface area contributed by atoms with E-state index in [-0.39, 0.29) is 47.5 Å². The van der Waals surface area contributed by atoms with E-state index in [1.807, 2.05) is 12.1 Å².